The summed E-state index contributed by atoms with van der Waals surface area (Å²) >= 11 is 5.85. The molecule has 21 heavy (non-hydrogen) atoms. The largest absolute Gasteiger partial charge is 0.457 e. The summed E-state index contributed by atoms with van der Waals surface area (Å²) in [6, 6.07) is 12.7. The summed E-state index contributed by atoms with van der Waals surface area (Å²) in [5.74, 6) is 8.11. The number of hydrogen-bond acceptors (Lipinski definition) is 5. The van der Waals surface area contributed by atoms with E-state index in [9.17, 15) is 0 Å². The van der Waals surface area contributed by atoms with Gasteiger partial charge in [-0.25, -0.2) is 15.8 Å². The average Bonchev–Trinajstić information content (AvgIpc) is 2.49. The van der Waals surface area contributed by atoms with Crippen LogP contribution in [0.1, 0.15) is 5.82 Å². The lowest BCUT2D eigenvalue weighted by atomic mass is 10.2. The fourth-order valence-electron chi connectivity index (χ4n) is 2.04. The highest BCUT2D eigenvalue weighted by Gasteiger charge is 2.07. The molecular weight excluding hydrogens is 288 g/mol. The van der Waals surface area contributed by atoms with E-state index in [-0.39, 0.29) is 0 Å². The Morgan fingerprint density at radius 2 is 1.76 bits per heavy atom. The van der Waals surface area contributed by atoms with Crippen molar-refractivity contribution in [1.82, 2.24) is 9.97 Å². The minimum atomic E-state index is 0.569. The number of halogens is 1. The van der Waals surface area contributed by atoms with Gasteiger partial charge in [-0.1, -0.05) is 11.6 Å². The number of anilines is 1. The number of nitrogens with zero attached hydrogens (tertiary/aromatic N) is 2. The molecule has 1 aromatic heterocycles. The molecule has 106 valence electrons. The van der Waals surface area contributed by atoms with Gasteiger partial charge < -0.3 is 10.2 Å². The molecule has 0 saturated carbocycles. The number of nitrogen functional groups attached to an aromatic ring is 1. The van der Waals surface area contributed by atoms with Gasteiger partial charge in [-0.15, -0.1) is 0 Å². The van der Waals surface area contributed by atoms with E-state index in [2.05, 4.69) is 15.4 Å². The van der Waals surface area contributed by atoms with Crippen molar-refractivity contribution in [2.45, 2.75) is 6.92 Å². The molecule has 0 unspecified atom stereocenters. The molecule has 0 atom stereocenters. The molecule has 0 bridgehead atoms. The maximum absolute atomic E-state index is 5.85. The lowest BCUT2D eigenvalue weighted by Crippen LogP contribution is -2.10. The van der Waals surface area contributed by atoms with Gasteiger partial charge in [0.2, 0.25) is 0 Å². The van der Waals surface area contributed by atoms with E-state index in [1.165, 1.54) is 0 Å². The van der Waals surface area contributed by atoms with E-state index < -0.39 is 0 Å². The Hall–Kier alpha value is -2.37. The fraction of sp³-hybridized carbons (Fsp3) is 0.0667. The first kappa shape index (κ1) is 13.6. The third-order valence-electron chi connectivity index (χ3n) is 2.97. The lowest BCUT2D eigenvalue weighted by Gasteiger charge is -2.09. The second-order valence-corrected chi connectivity index (χ2v) is 4.94. The van der Waals surface area contributed by atoms with Crippen LogP contribution in [0.25, 0.3) is 10.9 Å². The van der Waals surface area contributed by atoms with E-state index >= 15 is 0 Å². The number of aromatic nitrogens is 2. The monoisotopic (exact) mass is 300 g/mol. The molecule has 1 heterocycles. The Balaban J connectivity index is 2.00. The first-order chi connectivity index (χ1) is 10.2. The first-order valence-electron chi connectivity index (χ1n) is 6.34. The summed E-state index contributed by atoms with van der Waals surface area (Å²) in [5.41, 5.74) is 3.39. The maximum Gasteiger partial charge on any atom is 0.151 e. The van der Waals surface area contributed by atoms with Gasteiger partial charge in [0.1, 0.15) is 17.3 Å². The van der Waals surface area contributed by atoms with E-state index in [1.807, 2.05) is 25.1 Å². The number of rotatable bonds is 3. The third-order valence-corrected chi connectivity index (χ3v) is 3.22. The quantitative estimate of drug-likeness (QED) is 0.570. The Kier molecular flexibility index (Phi) is 3.60. The molecule has 6 heteroatoms. The van der Waals surface area contributed by atoms with Crippen molar-refractivity contribution in [2.75, 3.05) is 5.43 Å². The molecule has 0 fully saturated rings. The smallest absolute Gasteiger partial charge is 0.151 e. The van der Waals surface area contributed by atoms with Crippen molar-refractivity contribution >= 4 is 28.3 Å². The van der Waals surface area contributed by atoms with Crippen LogP contribution in [0.3, 0.4) is 0 Å². The lowest BCUT2D eigenvalue weighted by molar-refractivity contribution is 0.483. The summed E-state index contributed by atoms with van der Waals surface area (Å²) in [6.45, 7) is 1.82. The van der Waals surface area contributed by atoms with Crippen molar-refractivity contribution in [2.24, 2.45) is 5.84 Å². The van der Waals surface area contributed by atoms with Crippen molar-refractivity contribution in [3.05, 3.63) is 53.3 Å². The SMILES string of the molecule is Cc1nc(NN)c2cc(Oc3ccc(Cl)cc3)ccc2n1. The predicted molar refractivity (Wildman–Crippen MR) is 83.6 cm³/mol. The predicted octanol–water partition coefficient (Wildman–Crippen LogP) is 3.67. The number of benzene rings is 2. The van der Waals surface area contributed by atoms with Crippen LogP contribution >= 0.6 is 11.6 Å². The molecule has 3 aromatic rings. The summed E-state index contributed by atoms with van der Waals surface area (Å²) in [5, 5.41) is 1.47. The number of aryl methyl sites for hydroxylation is 1. The number of fused-ring (bicyclic) bond motifs is 1. The average molecular weight is 301 g/mol. The Labute approximate surface area is 126 Å². The van der Waals surface area contributed by atoms with Crippen LogP contribution in [0.5, 0.6) is 11.5 Å². The highest BCUT2D eigenvalue weighted by atomic mass is 35.5. The highest BCUT2D eigenvalue weighted by Crippen LogP contribution is 2.28. The fourth-order valence-corrected chi connectivity index (χ4v) is 2.16. The Morgan fingerprint density at radius 3 is 2.48 bits per heavy atom. The number of nitrogens with one attached hydrogen (secondary N) is 1. The number of nitrogens with two attached hydrogens (primary N) is 1. The van der Waals surface area contributed by atoms with Crippen molar-refractivity contribution in [3.63, 3.8) is 0 Å². The number of hydrogen-bond donors (Lipinski definition) is 2. The minimum Gasteiger partial charge on any atom is -0.457 e. The summed E-state index contributed by atoms with van der Waals surface area (Å²) in [4.78, 5) is 8.62. The topological polar surface area (TPSA) is 73.1 Å². The van der Waals surface area contributed by atoms with Gasteiger partial charge in [0.15, 0.2) is 5.82 Å². The van der Waals surface area contributed by atoms with Crippen LogP contribution in [0.2, 0.25) is 5.02 Å². The van der Waals surface area contributed by atoms with Crippen molar-refractivity contribution in [3.8, 4) is 11.5 Å². The summed E-state index contributed by atoms with van der Waals surface area (Å²) in [6.07, 6.45) is 0. The standard InChI is InChI=1S/C15H13ClN4O/c1-9-18-14-7-6-12(8-13(14)15(19-9)20-17)21-11-4-2-10(16)3-5-11/h2-8H,17H2,1H3,(H,18,19,20). The van der Waals surface area contributed by atoms with Gasteiger partial charge >= 0.3 is 0 Å². The molecule has 0 saturated heterocycles. The Bertz CT molecular complexity index is 790. The number of ether oxygens (including phenoxy) is 1. The van der Waals surface area contributed by atoms with Gasteiger partial charge in [0.25, 0.3) is 0 Å². The van der Waals surface area contributed by atoms with Gasteiger partial charge in [-0.05, 0) is 49.4 Å². The molecule has 0 radical (unpaired) electrons. The normalized spacial score (nSPS) is 10.6. The maximum atomic E-state index is 5.85. The van der Waals surface area contributed by atoms with Crippen LogP contribution in [0, 0.1) is 6.92 Å². The molecule has 0 aliphatic carbocycles. The van der Waals surface area contributed by atoms with Crippen molar-refractivity contribution in [1.29, 1.82) is 0 Å². The molecule has 0 aliphatic heterocycles. The van der Waals surface area contributed by atoms with Crippen LogP contribution in [-0.4, -0.2) is 9.97 Å². The van der Waals surface area contributed by atoms with E-state index in [4.69, 9.17) is 22.2 Å². The van der Waals surface area contributed by atoms with Gasteiger partial charge in [-0.3, -0.25) is 0 Å². The highest BCUT2D eigenvalue weighted by molar-refractivity contribution is 6.30. The van der Waals surface area contributed by atoms with E-state index in [1.54, 1.807) is 24.3 Å². The summed E-state index contributed by atoms with van der Waals surface area (Å²) < 4.78 is 5.79. The van der Waals surface area contributed by atoms with Crippen LogP contribution in [0.15, 0.2) is 42.5 Å². The minimum absolute atomic E-state index is 0.569. The summed E-state index contributed by atoms with van der Waals surface area (Å²) in [7, 11) is 0. The van der Waals surface area contributed by atoms with Gasteiger partial charge in [0.05, 0.1) is 5.52 Å². The van der Waals surface area contributed by atoms with Crippen LogP contribution in [0.4, 0.5) is 5.82 Å². The van der Waals surface area contributed by atoms with Crippen molar-refractivity contribution < 1.29 is 4.74 Å². The molecule has 2 aromatic carbocycles. The van der Waals surface area contributed by atoms with E-state index in [0.717, 1.165) is 10.9 Å². The van der Waals surface area contributed by atoms with Crippen LogP contribution in [-0.2, 0) is 0 Å². The second kappa shape index (κ2) is 5.55. The zero-order valence-electron chi connectivity index (χ0n) is 11.3. The molecule has 0 spiro atoms. The first-order valence-corrected chi connectivity index (χ1v) is 6.72. The van der Waals surface area contributed by atoms with Gasteiger partial charge in [0, 0.05) is 10.4 Å². The van der Waals surface area contributed by atoms with Gasteiger partial charge in [-0.2, -0.15) is 0 Å². The molecule has 0 aliphatic rings. The number of hydrazine groups is 1. The molecular formula is C15H13ClN4O. The molecule has 5 nitrogen and oxygen atoms in total. The molecule has 0 amide bonds. The van der Waals surface area contributed by atoms with E-state index in [0.29, 0.717) is 28.2 Å². The van der Waals surface area contributed by atoms with Crippen LogP contribution < -0.4 is 16.0 Å². The third kappa shape index (κ3) is 2.89. The zero-order chi connectivity index (χ0) is 14.8. The second-order valence-electron chi connectivity index (χ2n) is 4.50. The molecule has 3 rings (SSSR count). The molecule has 3 N–H and O–H groups in total. The zero-order valence-corrected chi connectivity index (χ0v) is 12.1. The Morgan fingerprint density at radius 1 is 1.05 bits per heavy atom.